The third-order valence-electron chi connectivity index (χ3n) is 4.14. The molecule has 1 N–H and O–H groups in total. The molecule has 1 aliphatic heterocycles. The Balaban J connectivity index is 1.60. The minimum absolute atomic E-state index is 0.0812. The Morgan fingerprint density at radius 2 is 2.04 bits per heavy atom. The number of halogens is 1. The fourth-order valence-electron chi connectivity index (χ4n) is 2.75. The number of amides is 1. The van der Waals surface area contributed by atoms with Gasteiger partial charge in [-0.1, -0.05) is 11.3 Å². The number of carbonyl (C=O) groups excluding carboxylic acids is 1. The summed E-state index contributed by atoms with van der Waals surface area (Å²) in [6, 6.07) is 3.34. The van der Waals surface area contributed by atoms with Crippen molar-refractivity contribution in [2.24, 2.45) is 5.92 Å². The second kappa shape index (κ2) is 8.27. The molecule has 0 unspecified atom stereocenters. The van der Waals surface area contributed by atoms with Gasteiger partial charge in [-0.3, -0.25) is 4.79 Å². The van der Waals surface area contributed by atoms with Gasteiger partial charge in [0.05, 0.1) is 13.7 Å². The predicted octanol–water partition coefficient (Wildman–Crippen LogP) is 4.04. The van der Waals surface area contributed by atoms with Crippen LogP contribution in [0.2, 0.25) is 0 Å². The second-order valence-corrected chi connectivity index (χ2v) is 12.5. The summed E-state index contributed by atoms with van der Waals surface area (Å²) in [4.78, 5) is 16.9. The highest BCUT2D eigenvalue weighted by Gasteiger charge is 2.33. The minimum Gasteiger partial charge on any atom is -0.302 e. The van der Waals surface area contributed by atoms with Gasteiger partial charge in [-0.05, 0) is 54.1 Å². The Morgan fingerprint density at radius 3 is 2.58 bits per heavy atom. The van der Waals surface area contributed by atoms with E-state index < -0.39 is 10.0 Å². The van der Waals surface area contributed by atoms with Crippen LogP contribution in [-0.2, 0) is 14.8 Å². The monoisotopic (exact) mass is 495 g/mol. The molecular weight excluding hydrogens is 478 g/mol. The number of anilines is 1. The molecule has 0 saturated carbocycles. The number of thioether (sulfide) groups is 1. The number of aryl methyl sites for hydroxylation is 1. The van der Waals surface area contributed by atoms with Crippen LogP contribution in [0.5, 0.6) is 0 Å². The molecule has 2 aromatic heterocycles. The van der Waals surface area contributed by atoms with Crippen LogP contribution in [0.15, 0.2) is 24.3 Å². The molecular formula is C15H18BrN3O3S4. The van der Waals surface area contributed by atoms with Crippen molar-refractivity contribution in [3.05, 3.63) is 21.6 Å². The third-order valence-corrected chi connectivity index (χ3v) is 10.4. The smallest absolute Gasteiger partial charge is 0.252 e. The number of nitrogens with zero attached hydrogens (tertiary/aromatic N) is 2. The van der Waals surface area contributed by atoms with Crippen molar-refractivity contribution in [3.8, 4) is 0 Å². The van der Waals surface area contributed by atoms with Gasteiger partial charge in [-0.2, -0.15) is 4.31 Å². The highest BCUT2D eigenvalue weighted by atomic mass is 79.9. The Hall–Kier alpha value is -0.460. The highest BCUT2D eigenvalue weighted by molar-refractivity contribution is 9.11. The molecule has 142 valence electrons. The molecule has 0 aliphatic carbocycles. The summed E-state index contributed by atoms with van der Waals surface area (Å²) >= 11 is 7.58. The number of thiophene rings is 1. The summed E-state index contributed by atoms with van der Waals surface area (Å²) in [7, 11) is -3.48. The van der Waals surface area contributed by atoms with Gasteiger partial charge < -0.3 is 5.32 Å². The van der Waals surface area contributed by atoms with Crippen molar-refractivity contribution >= 4 is 71.4 Å². The van der Waals surface area contributed by atoms with Crippen molar-refractivity contribution < 1.29 is 13.2 Å². The Labute approximate surface area is 173 Å². The van der Waals surface area contributed by atoms with Gasteiger partial charge in [0.1, 0.15) is 4.21 Å². The van der Waals surface area contributed by atoms with Gasteiger partial charge >= 0.3 is 0 Å². The number of rotatable bonds is 5. The predicted molar refractivity (Wildman–Crippen MR) is 111 cm³/mol. The molecule has 1 fully saturated rings. The van der Waals surface area contributed by atoms with Crippen LogP contribution >= 0.6 is 50.4 Å². The molecule has 6 nitrogen and oxygen atoms in total. The van der Waals surface area contributed by atoms with E-state index in [1.54, 1.807) is 23.9 Å². The zero-order chi connectivity index (χ0) is 18.9. The number of carbonyl (C=O) groups is 1. The van der Waals surface area contributed by atoms with E-state index in [1.807, 2.05) is 13.2 Å². The molecule has 1 saturated heterocycles. The van der Waals surface area contributed by atoms with Crippen LogP contribution in [0.4, 0.5) is 5.13 Å². The largest absolute Gasteiger partial charge is 0.302 e. The first-order valence-corrected chi connectivity index (χ1v) is 13.0. The van der Waals surface area contributed by atoms with Crippen molar-refractivity contribution in [1.82, 2.24) is 9.29 Å². The average Bonchev–Trinajstić information content (AvgIpc) is 3.20. The maximum absolute atomic E-state index is 12.6. The van der Waals surface area contributed by atoms with Gasteiger partial charge in [0.15, 0.2) is 5.13 Å². The lowest BCUT2D eigenvalue weighted by Crippen LogP contribution is -2.41. The molecule has 11 heteroatoms. The van der Waals surface area contributed by atoms with Crippen LogP contribution in [0, 0.1) is 12.8 Å². The van der Waals surface area contributed by atoms with E-state index in [4.69, 9.17) is 0 Å². The number of sulfonamides is 1. The third kappa shape index (κ3) is 4.33. The Bertz CT molecular complexity index is 901. The van der Waals surface area contributed by atoms with Gasteiger partial charge in [0, 0.05) is 19.0 Å². The van der Waals surface area contributed by atoms with Crippen LogP contribution in [0.3, 0.4) is 0 Å². The van der Waals surface area contributed by atoms with Crippen LogP contribution < -0.4 is 5.32 Å². The van der Waals surface area contributed by atoms with Gasteiger partial charge in [-0.25, -0.2) is 13.4 Å². The molecule has 3 heterocycles. The van der Waals surface area contributed by atoms with Crippen LogP contribution in [0.1, 0.15) is 18.5 Å². The summed E-state index contributed by atoms with van der Waals surface area (Å²) in [5.41, 5.74) is 0.917. The van der Waals surface area contributed by atoms with E-state index in [1.165, 1.54) is 27.0 Å². The van der Waals surface area contributed by atoms with E-state index in [0.717, 1.165) is 13.7 Å². The van der Waals surface area contributed by atoms with Crippen molar-refractivity contribution in [2.75, 3.05) is 24.7 Å². The lowest BCUT2D eigenvalue weighted by atomic mass is 9.97. The number of nitrogens with one attached hydrogen (secondary N) is 1. The lowest BCUT2D eigenvalue weighted by Gasteiger charge is -2.29. The zero-order valence-corrected chi connectivity index (χ0v) is 19.0. The first kappa shape index (κ1) is 20.3. The molecule has 0 spiro atoms. The first-order valence-electron chi connectivity index (χ1n) is 7.89. The summed E-state index contributed by atoms with van der Waals surface area (Å²) in [6.45, 7) is 2.62. The first-order chi connectivity index (χ1) is 12.3. The molecule has 3 rings (SSSR count). The normalized spacial score (nSPS) is 16.7. The van der Waals surface area contributed by atoms with Crippen molar-refractivity contribution in [3.63, 3.8) is 0 Å². The van der Waals surface area contributed by atoms with Crippen LogP contribution in [-0.4, -0.2) is 43.0 Å². The molecule has 0 aromatic carbocycles. The number of hydrogen-bond donors (Lipinski definition) is 1. The minimum atomic E-state index is -3.48. The maximum atomic E-state index is 12.6. The number of hydrogen-bond acceptors (Lipinski definition) is 7. The Kier molecular flexibility index (Phi) is 6.45. The van der Waals surface area contributed by atoms with E-state index in [9.17, 15) is 13.2 Å². The lowest BCUT2D eigenvalue weighted by molar-refractivity contribution is -0.120. The van der Waals surface area contributed by atoms with Crippen molar-refractivity contribution in [2.45, 2.75) is 28.2 Å². The summed E-state index contributed by atoms with van der Waals surface area (Å²) < 4.78 is 29.0. The molecule has 0 radical (unpaired) electrons. The molecule has 26 heavy (non-hydrogen) atoms. The SMILES string of the molecule is CSc1sc(NC(=O)C2CCN(S(=O)(=O)c3ccc(Br)s3)CC2)nc1C. The van der Waals surface area contributed by atoms with E-state index >= 15 is 0 Å². The van der Waals surface area contributed by atoms with Crippen LogP contribution in [0.25, 0.3) is 0 Å². The molecule has 0 bridgehead atoms. The number of thiazole rings is 1. The summed E-state index contributed by atoms with van der Waals surface area (Å²) in [6.07, 6.45) is 3.00. The fourth-order valence-corrected chi connectivity index (χ4v) is 8.00. The standard InChI is InChI=1S/C15H18BrN3O3S4/c1-9-14(23-2)25-15(17-9)18-13(20)10-5-7-19(8-6-10)26(21,22)12-4-3-11(16)24-12/h3-4,10H,5-8H2,1-2H3,(H,17,18,20). The van der Waals surface area contributed by atoms with Crippen molar-refractivity contribution in [1.29, 1.82) is 0 Å². The highest BCUT2D eigenvalue weighted by Crippen LogP contribution is 2.33. The maximum Gasteiger partial charge on any atom is 0.252 e. The molecule has 1 amide bonds. The number of piperidine rings is 1. The van der Waals surface area contributed by atoms with E-state index in [-0.39, 0.29) is 11.8 Å². The Morgan fingerprint density at radius 1 is 1.35 bits per heavy atom. The average molecular weight is 496 g/mol. The molecule has 0 atom stereocenters. The summed E-state index contributed by atoms with van der Waals surface area (Å²) in [5, 5.41) is 3.49. The zero-order valence-electron chi connectivity index (χ0n) is 14.2. The molecule has 1 aliphatic rings. The quantitative estimate of drug-likeness (QED) is 0.633. The molecule has 2 aromatic rings. The second-order valence-electron chi connectivity index (χ2n) is 5.82. The van der Waals surface area contributed by atoms with E-state index in [0.29, 0.717) is 35.3 Å². The summed E-state index contributed by atoms with van der Waals surface area (Å²) in [5.74, 6) is -0.277. The fraction of sp³-hybridized carbons (Fsp3) is 0.467. The topological polar surface area (TPSA) is 79.4 Å². The van der Waals surface area contributed by atoms with Gasteiger partial charge in [0.2, 0.25) is 5.91 Å². The van der Waals surface area contributed by atoms with Gasteiger partial charge in [0.25, 0.3) is 10.0 Å². The number of aromatic nitrogens is 1. The van der Waals surface area contributed by atoms with E-state index in [2.05, 4.69) is 26.2 Å². The van der Waals surface area contributed by atoms with Gasteiger partial charge in [-0.15, -0.1) is 23.1 Å².